The Hall–Kier alpha value is -0.900. The number of imide groups is 1. The molecule has 1 heterocycles. The minimum Gasteiger partial charge on any atom is -0.327 e. The van der Waals surface area contributed by atoms with E-state index in [1.54, 1.807) is 0 Å². The molecular weight excluding hydrogens is 168 g/mol. The van der Waals surface area contributed by atoms with Crippen LogP contribution in [0.15, 0.2) is 0 Å². The Bertz CT molecular complexity index is 248. The van der Waals surface area contributed by atoms with Crippen molar-refractivity contribution in [1.29, 1.82) is 0 Å². The molecule has 4 heteroatoms. The number of hydrogen-bond acceptors (Lipinski definition) is 3. The number of carbonyl (C=O) groups excluding carboxylic acids is 2. The summed E-state index contributed by atoms with van der Waals surface area (Å²) in [5.74, 6) is 0.0748. The second-order valence-electron chi connectivity index (χ2n) is 3.91. The molecule has 1 atom stereocenters. The summed E-state index contributed by atoms with van der Waals surface area (Å²) in [5, 5.41) is 0. The summed E-state index contributed by atoms with van der Waals surface area (Å²) in [6.45, 7) is 0.523. The fourth-order valence-corrected chi connectivity index (χ4v) is 1.64. The first kappa shape index (κ1) is 8.69. The third-order valence-electron chi connectivity index (χ3n) is 2.65. The van der Waals surface area contributed by atoms with Gasteiger partial charge in [0.1, 0.15) is 0 Å². The molecule has 0 aromatic heterocycles. The van der Waals surface area contributed by atoms with Crippen molar-refractivity contribution >= 4 is 11.8 Å². The average molecular weight is 182 g/mol. The quantitative estimate of drug-likeness (QED) is 0.575. The van der Waals surface area contributed by atoms with Crippen LogP contribution in [0.3, 0.4) is 0 Å². The zero-order chi connectivity index (χ0) is 9.42. The summed E-state index contributed by atoms with van der Waals surface area (Å²) in [6.07, 6.45) is 2.99. The number of amides is 2. The molecule has 1 saturated heterocycles. The van der Waals surface area contributed by atoms with Gasteiger partial charge in [0.05, 0.1) is 0 Å². The fraction of sp³-hybridized carbons (Fsp3) is 0.778. The molecule has 1 saturated carbocycles. The van der Waals surface area contributed by atoms with Gasteiger partial charge in [-0.2, -0.15) is 0 Å². The van der Waals surface area contributed by atoms with Crippen molar-refractivity contribution in [3.63, 3.8) is 0 Å². The Kier molecular flexibility index (Phi) is 2.07. The molecule has 1 aliphatic heterocycles. The molecule has 0 bridgehead atoms. The van der Waals surface area contributed by atoms with Gasteiger partial charge in [-0.05, 0) is 19.3 Å². The van der Waals surface area contributed by atoms with Crippen LogP contribution in [0.2, 0.25) is 0 Å². The van der Waals surface area contributed by atoms with Crippen LogP contribution in [0.25, 0.3) is 0 Å². The topological polar surface area (TPSA) is 63.4 Å². The molecule has 4 nitrogen and oxygen atoms in total. The van der Waals surface area contributed by atoms with Gasteiger partial charge in [-0.3, -0.25) is 14.5 Å². The number of likely N-dealkylation sites (tertiary alicyclic amines) is 1. The number of piperidine rings is 1. The van der Waals surface area contributed by atoms with Gasteiger partial charge in [0.2, 0.25) is 11.8 Å². The van der Waals surface area contributed by atoms with Gasteiger partial charge in [-0.1, -0.05) is 0 Å². The summed E-state index contributed by atoms with van der Waals surface area (Å²) in [5.41, 5.74) is 5.62. The van der Waals surface area contributed by atoms with Crippen LogP contribution in [-0.4, -0.2) is 29.3 Å². The number of nitrogens with zero attached hydrogens (tertiary/aromatic N) is 1. The molecule has 0 radical (unpaired) electrons. The Morgan fingerprint density at radius 3 is 2.62 bits per heavy atom. The highest BCUT2D eigenvalue weighted by molar-refractivity contribution is 5.97. The van der Waals surface area contributed by atoms with Gasteiger partial charge >= 0.3 is 0 Å². The molecule has 0 aromatic rings. The van der Waals surface area contributed by atoms with Gasteiger partial charge in [-0.25, -0.2) is 0 Å². The van der Waals surface area contributed by atoms with Crippen molar-refractivity contribution in [2.45, 2.75) is 31.7 Å². The first-order valence-corrected chi connectivity index (χ1v) is 4.78. The molecule has 2 amide bonds. The summed E-state index contributed by atoms with van der Waals surface area (Å²) < 4.78 is 0. The average Bonchev–Trinajstić information content (AvgIpc) is 2.85. The molecule has 72 valence electrons. The highest BCUT2D eigenvalue weighted by Gasteiger charge is 2.37. The number of rotatable bonds is 1. The highest BCUT2D eigenvalue weighted by atomic mass is 16.2. The van der Waals surface area contributed by atoms with E-state index in [1.165, 1.54) is 4.90 Å². The molecule has 0 spiro atoms. The standard InChI is InChI=1S/C9H14N2O2/c10-7-3-4-11(8(12)5-7)9(13)6-1-2-6/h6-7H,1-5,10H2. The molecule has 1 aliphatic carbocycles. The van der Waals surface area contributed by atoms with Crippen LogP contribution >= 0.6 is 0 Å². The molecular formula is C9H14N2O2. The van der Waals surface area contributed by atoms with Gasteiger partial charge < -0.3 is 5.73 Å². The molecule has 2 N–H and O–H groups in total. The second-order valence-corrected chi connectivity index (χ2v) is 3.91. The lowest BCUT2D eigenvalue weighted by atomic mass is 10.1. The summed E-state index contributed by atoms with van der Waals surface area (Å²) >= 11 is 0. The molecule has 2 rings (SSSR count). The third kappa shape index (κ3) is 1.72. The Labute approximate surface area is 77.1 Å². The smallest absolute Gasteiger partial charge is 0.232 e. The largest absolute Gasteiger partial charge is 0.327 e. The van der Waals surface area contributed by atoms with Gasteiger partial charge in [-0.15, -0.1) is 0 Å². The molecule has 2 fully saturated rings. The first-order chi connectivity index (χ1) is 6.18. The Morgan fingerprint density at radius 2 is 2.08 bits per heavy atom. The molecule has 0 aromatic carbocycles. The maximum atomic E-state index is 11.5. The Morgan fingerprint density at radius 1 is 1.38 bits per heavy atom. The van der Waals surface area contributed by atoms with Crippen LogP contribution in [0.4, 0.5) is 0 Å². The zero-order valence-electron chi connectivity index (χ0n) is 7.53. The maximum Gasteiger partial charge on any atom is 0.232 e. The van der Waals surface area contributed by atoms with E-state index < -0.39 is 0 Å². The number of carbonyl (C=O) groups is 2. The third-order valence-corrected chi connectivity index (χ3v) is 2.65. The first-order valence-electron chi connectivity index (χ1n) is 4.78. The van der Waals surface area contributed by atoms with Gasteiger partial charge in [0, 0.05) is 24.9 Å². The van der Waals surface area contributed by atoms with Crippen molar-refractivity contribution in [3.8, 4) is 0 Å². The summed E-state index contributed by atoms with van der Waals surface area (Å²) in [4.78, 5) is 24.3. The van der Waals surface area contributed by atoms with E-state index in [-0.39, 0.29) is 23.8 Å². The number of hydrogen-bond donors (Lipinski definition) is 1. The van der Waals surface area contributed by atoms with E-state index in [9.17, 15) is 9.59 Å². The van der Waals surface area contributed by atoms with Gasteiger partial charge in [0.15, 0.2) is 0 Å². The normalized spacial score (nSPS) is 29.2. The fourth-order valence-electron chi connectivity index (χ4n) is 1.64. The number of nitrogens with two attached hydrogens (primary N) is 1. The van der Waals surface area contributed by atoms with E-state index in [2.05, 4.69) is 0 Å². The molecule has 13 heavy (non-hydrogen) atoms. The Balaban J connectivity index is 1.98. The van der Waals surface area contributed by atoms with E-state index in [4.69, 9.17) is 5.73 Å². The van der Waals surface area contributed by atoms with Crippen LogP contribution in [0.1, 0.15) is 25.7 Å². The minimum absolute atomic E-state index is 0.0249. The van der Waals surface area contributed by atoms with E-state index in [0.717, 1.165) is 19.3 Å². The summed E-state index contributed by atoms with van der Waals surface area (Å²) in [7, 11) is 0. The second kappa shape index (κ2) is 3.10. The minimum atomic E-state index is -0.0874. The van der Waals surface area contributed by atoms with Crippen LogP contribution < -0.4 is 5.73 Å². The predicted molar refractivity (Wildman–Crippen MR) is 46.7 cm³/mol. The molecule has 2 aliphatic rings. The zero-order valence-corrected chi connectivity index (χ0v) is 7.53. The van der Waals surface area contributed by atoms with E-state index >= 15 is 0 Å². The summed E-state index contributed by atoms with van der Waals surface area (Å²) in [6, 6.07) is -0.0456. The van der Waals surface area contributed by atoms with E-state index in [1.807, 2.05) is 0 Å². The van der Waals surface area contributed by atoms with E-state index in [0.29, 0.717) is 13.0 Å². The van der Waals surface area contributed by atoms with Crippen molar-refractivity contribution in [3.05, 3.63) is 0 Å². The lowest BCUT2D eigenvalue weighted by Crippen LogP contribution is -2.47. The van der Waals surface area contributed by atoms with Crippen molar-refractivity contribution in [2.24, 2.45) is 11.7 Å². The van der Waals surface area contributed by atoms with Crippen LogP contribution in [0.5, 0.6) is 0 Å². The predicted octanol–water partition coefficient (Wildman–Crippen LogP) is -0.127. The highest BCUT2D eigenvalue weighted by Crippen LogP contribution is 2.31. The van der Waals surface area contributed by atoms with Crippen molar-refractivity contribution in [2.75, 3.05) is 6.54 Å². The lowest BCUT2D eigenvalue weighted by Gasteiger charge is -2.28. The van der Waals surface area contributed by atoms with Crippen LogP contribution in [-0.2, 0) is 9.59 Å². The SMILES string of the molecule is NC1CCN(C(=O)C2CC2)C(=O)C1. The monoisotopic (exact) mass is 182 g/mol. The van der Waals surface area contributed by atoms with Gasteiger partial charge in [0.25, 0.3) is 0 Å². The van der Waals surface area contributed by atoms with Crippen molar-refractivity contribution < 1.29 is 9.59 Å². The van der Waals surface area contributed by atoms with Crippen molar-refractivity contribution in [1.82, 2.24) is 4.90 Å². The van der Waals surface area contributed by atoms with Crippen LogP contribution in [0, 0.1) is 5.92 Å². The molecule has 1 unspecified atom stereocenters. The lowest BCUT2D eigenvalue weighted by molar-refractivity contribution is -0.147. The maximum absolute atomic E-state index is 11.5.